The highest BCUT2D eigenvalue weighted by Gasteiger charge is 2.15. The van der Waals surface area contributed by atoms with Crippen LogP contribution in [0.2, 0.25) is 0 Å². The van der Waals surface area contributed by atoms with Gasteiger partial charge in [-0.05, 0) is 62.5 Å². The number of nitrogens with one attached hydrogen (secondary N) is 3. The van der Waals surface area contributed by atoms with Crippen LogP contribution in [-0.4, -0.2) is 77.4 Å². The van der Waals surface area contributed by atoms with Crippen molar-refractivity contribution in [2.45, 2.75) is 31.6 Å². The van der Waals surface area contributed by atoms with Crippen LogP contribution < -0.4 is 15.4 Å². The van der Waals surface area contributed by atoms with Crippen molar-refractivity contribution in [1.82, 2.24) is 39.9 Å². The summed E-state index contributed by atoms with van der Waals surface area (Å²) in [6, 6.07) is 13.5. The van der Waals surface area contributed by atoms with Gasteiger partial charge in [0.15, 0.2) is 11.2 Å². The van der Waals surface area contributed by atoms with E-state index >= 15 is 0 Å². The molecule has 12 nitrogen and oxygen atoms in total. The number of likely N-dealkylation sites (N-methyl/N-ethyl adjacent to an activating group) is 1. The smallest absolute Gasteiger partial charge is 0.251 e. The first-order valence-corrected chi connectivity index (χ1v) is 14.3. The molecule has 0 spiro atoms. The Hall–Kier alpha value is -3.94. The van der Waals surface area contributed by atoms with E-state index in [0.717, 1.165) is 25.9 Å². The van der Waals surface area contributed by atoms with Crippen molar-refractivity contribution in [3.63, 3.8) is 0 Å². The summed E-state index contributed by atoms with van der Waals surface area (Å²) in [7, 11) is -1.62. The normalized spacial score (nSPS) is 11.7. The van der Waals surface area contributed by atoms with Gasteiger partial charge in [-0.25, -0.2) is 18.1 Å². The van der Waals surface area contributed by atoms with Gasteiger partial charge in [-0.3, -0.25) is 4.79 Å². The fourth-order valence-electron chi connectivity index (χ4n) is 3.67. The molecule has 0 atom stereocenters. The molecule has 2 aromatic carbocycles. The highest BCUT2D eigenvalue weighted by atomic mass is 32.2. The van der Waals surface area contributed by atoms with E-state index in [2.05, 4.69) is 47.5 Å². The van der Waals surface area contributed by atoms with Gasteiger partial charge in [0.2, 0.25) is 16.0 Å². The van der Waals surface area contributed by atoms with E-state index in [1.165, 1.54) is 18.3 Å². The number of carbonyl (C=O) groups is 1. The molecule has 1 amide bonds. The molecule has 3 N–H and O–H groups in total. The number of nitrogens with zero attached hydrogens (tertiary/aromatic N) is 6. The van der Waals surface area contributed by atoms with E-state index in [1.807, 2.05) is 14.0 Å². The number of carbonyl (C=O) groups excluding carboxylic acids is 1. The Kier molecular flexibility index (Phi) is 9.17. The molecule has 4 aromatic rings. The van der Waals surface area contributed by atoms with Gasteiger partial charge < -0.3 is 15.5 Å². The summed E-state index contributed by atoms with van der Waals surface area (Å²) in [4.78, 5) is 23.6. The fourth-order valence-corrected chi connectivity index (χ4v) is 4.79. The third-order valence-corrected chi connectivity index (χ3v) is 7.57. The fraction of sp³-hybridized carbons (Fsp3) is 0.346. The van der Waals surface area contributed by atoms with Crippen LogP contribution in [0.25, 0.3) is 16.9 Å². The lowest BCUT2D eigenvalue weighted by Gasteiger charge is -2.14. The van der Waals surface area contributed by atoms with Crippen LogP contribution in [0.15, 0.2) is 59.6 Å². The van der Waals surface area contributed by atoms with Crippen molar-refractivity contribution < 1.29 is 13.2 Å². The summed E-state index contributed by atoms with van der Waals surface area (Å²) in [5.74, 6) is 0.112. The first-order valence-electron chi connectivity index (χ1n) is 12.8. The minimum Gasteiger partial charge on any atom is -0.351 e. The van der Waals surface area contributed by atoms with Gasteiger partial charge in [0.1, 0.15) is 0 Å². The Morgan fingerprint density at radius 2 is 1.87 bits per heavy atom. The first-order chi connectivity index (χ1) is 18.8. The zero-order valence-electron chi connectivity index (χ0n) is 22.3. The van der Waals surface area contributed by atoms with Gasteiger partial charge in [-0.2, -0.15) is 9.67 Å². The Morgan fingerprint density at radius 3 is 2.62 bits per heavy atom. The predicted octanol–water partition coefficient (Wildman–Crippen LogP) is 2.71. The zero-order chi connectivity index (χ0) is 27.8. The highest BCUT2D eigenvalue weighted by molar-refractivity contribution is 7.89. The molecular weight excluding hydrogens is 518 g/mol. The molecule has 0 aliphatic heterocycles. The average Bonchev–Trinajstić information content (AvgIpc) is 3.36. The van der Waals surface area contributed by atoms with Crippen molar-refractivity contribution in [2.75, 3.05) is 38.5 Å². The number of unbranched alkanes of at least 4 members (excludes halogenated alkanes) is 1. The molecule has 0 saturated heterocycles. The average molecular weight is 552 g/mol. The second kappa shape index (κ2) is 12.7. The SMILES string of the molecule is CCCCNS(=O)(=O)c1cccc(Nc2ncc3nnn(-c4ccc(C(=O)NCCN(C)CC)cc4)c3n2)c1. The Labute approximate surface area is 227 Å². The summed E-state index contributed by atoms with van der Waals surface area (Å²) in [6.07, 6.45) is 3.20. The van der Waals surface area contributed by atoms with Crippen LogP contribution in [0.3, 0.4) is 0 Å². The third kappa shape index (κ3) is 7.13. The minimum atomic E-state index is -3.62. The van der Waals surface area contributed by atoms with Crippen LogP contribution >= 0.6 is 0 Å². The molecule has 0 fully saturated rings. The lowest BCUT2D eigenvalue weighted by atomic mass is 10.2. The topological polar surface area (TPSA) is 147 Å². The van der Waals surface area contributed by atoms with Crippen molar-refractivity contribution in [2.24, 2.45) is 0 Å². The Morgan fingerprint density at radius 1 is 1.08 bits per heavy atom. The molecule has 0 aliphatic rings. The summed E-state index contributed by atoms with van der Waals surface area (Å²) >= 11 is 0. The number of rotatable bonds is 13. The van der Waals surface area contributed by atoms with Crippen LogP contribution in [-0.2, 0) is 10.0 Å². The van der Waals surface area contributed by atoms with Gasteiger partial charge >= 0.3 is 0 Å². The summed E-state index contributed by atoms with van der Waals surface area (Å²) in [5, 5.41) is 14.3. The number of anilines is 2. The Balaban J connectivity index is 1.49. The number of aromatic nitrogens is 5. The van der Waals surface area contributed by atoms with E-state index in [4.69, 9.17) is 0 Å². The Bertz CT molecular complexity index is 1520. The van der Waals surface area contributed by atoms with E-state index in [1.54, 1.807) is 41.1 Å². The molecule has 0 aliphatic carbocycles. The molecule has 206 valence electrons. The number of amides is 1. The van der Waals surface area contributed by atoms with E-state index in [9.17, 15) is 13.2 Å². The summed E-state index contributed by atoms with van der Waals surface area (Å²) in [5.41, 5.74) is 2.68. The first kappa shape index (κ1) is 28.1. The zero-order valence-corrected chi connectivity index (χ0v) is 23.1. The van der Waals surface area contributed by atoms with Crippen LogP contribution in [0, 0.1) is 0 Å². The van der Waals surface area contributed by atoms with Crippen LogP contribution in [0.4, 0.5) is 11.6 Å². The lowest BCUT2D eigenvalue weighted by Crippen LogP contribution is -2.32. The number of hydrogen-bond donors (Lipinski definition) is 3. The molecule has 0 unspecified atom stereocenters. The molecular formula is C26H33N9O3S. The van der Waals surface area contributed by atoms with Crippen molar-refractivity contribution in [1.29, 1.82) is 0 Å². The number of fused-ring (bicyclic) bond motifs is 1. The van der Waals surface area contributed by atoms with Crippen molar-refractivity contribution >= 4 is 38.7 Å². The van der Waals surface area contributed by atoms with Gasteiger partial charge in [0.05, 0.1) is 16.8 Å². The maximum Gasteiger partial charge on any atom is 0.251 e. The second-order valence-corrected chi connectivity index (χ2v) is 10.8. The minimum absolute atomic E-state index is 0.145. The molecule has 2 aromatic heterocycles. The largest absolute Gasteiger partial charge is 0.351 e. The van der Waals surface area contributed by atoms with Crippen molar-refractivity contribution in [3.8, 4) is 5.69 Å². The maximum absolute atomic E-state index is 12.6. The van der Waals surface area contributed by atoms with Gasteiger partial charge in [-0.1, -0.05) is 31.5 Å². The molecule has 0 saturated carbocycles. The van der Waals surface area contributed by atoms with Crippen molar-refractivity contribution in [3.05, 3.63) is 60.3 Å². The number of benzene rings is 2. The maximum atomic E-state index is 12.6. The third-order valence-electron chi connectivity index (χ3n) is 6.11. The molecule has 0 bridgehead atoms. The quantitative estimate of drug-likeness (QED) is 0.213. The second-order valence-electron chi connectivity index (χ2n) is 9.01. The molecule has 39 heavy (non-hydrogen) atoms. The molecule has 2 heterocycles. The lowest BCUT2D eigenvalue weighted by molar-refractivity contribution is 0.0950. The predicted molar refractivity (Wildman–Crippen MR) is 150 cm³/mol. The molecule has 4 rings (SSSR count). The van der Waals surface area contributed by atoms with Gasteiger partial charge in [0, 0.05) is 30.9 Å². The summed E-state index contributed by atoms with van der Waals surface area (Å²) in [6.45, 7) is 6.71. The number of sulfonamides is 1. The molecule has 0 radical (unpaired) electrons. The molecule has 13 heteroatoms. The monoisotopic (exact) mass is 551 g/mol. The van der Waals surface area contributed by atoms with E-state index in [-0.39, 0.29) is 16.8 Å². The van der Waals surface area contributed by atoms with Crippen LogP contribution in [0.5, 0.6) is 0 Å². The van der Waals surface area contributed by atoms with Gasteiger partial charge in [-0.15, -0.1) is 5.10 Å². The van der Waals surface area contributed by atoms with E-state index < -0.39 is 10.0 Å². The van der Waals surface area contributed by atoms with Crippen LogP contribution in [0.1, 0.15) is 37.0 Å². The highest BCUT2D eigenvalue weighted by Crippen LogP contribution is 2.21. The van der Waals surface area contributed by atoms with Gasteiger partial charge in [0.25, 0.3) is 5.91 Å². The number of hydrogen-bond acceptors (Lipinski definition) is 9. The summed E-state index contributed by atoms with van der Waals surface area (Å²) < 4.78 is 29.3. The standard InChI is InChI=1S/C26H33N9O3S/c1-4-6-14-29-39(37,38)22-9-7-8-20(17-22)30-26-28-18-23-24(31-26)35(33-32-23)21-12-10-19(11-13-21)25(36)27-15-16-34(3)5-2/h7-13,17-18,29H,4-6,14-16H2,1-3H3,(H,27,36)(H,28,30,31). The van der Waals surface area contributed by atoms with E-state index in [0.29, 0.717) is 41.2 Å².